The van der Waals surface area contributed by atoms with Crippen molar-refractivity contribution in [2.75, 3.05) is 36.9 Å². The molecule has 3 heterocycles. The first-order valence-electron chi connectivity index (χ1n) is 10.6. The second-order valence-corrected chi connectivity index (χ2v) is 8.26. The monoisotopic (exact) mass is 432 g/mol. The molecule has 8 heteroatoms. The lowest BCUT2D eigenvalue weighted by Gasteiger charge is -2.28. The summed E-state index contributed by atoms with van der Waals surface area (Å²) < 4.78 is 5.98. The fourth-order valence-electron chi connectivity index (χ4n) is 3.33. The maximum atomic E-state index is 9.80. The molecule has 1 aliphatic heterocycles. The summed E-state index contributed by atoms with van der Waals surface area (Å²) in [5, 5.41) is 19.8. The van der Waals surface area contributed by atoms with Gasteiger partial charge < -0.3 is 20.9 Å². The molecule has 1 fully saturated rings. The van der Waals surface area contributed by atoms with Crippen LogP contribution in [-0.4, -0.2) is 51.8 Å². The van der Waals surface area contributed by atoms with Crippen molar-refractivity contribution >= 4 is 5.82 Å². The summed E-state index contributed by atoms with van der Waals surface area (Å²) in [6.45, 7) is 7.35. The first-order chi connectivity index (χ1) is 15.4. The second-order valence-electron chi connectivity index (χ2n) is 8.26. The second kappa shape index (κ2) is 9.30. The highest BCUT2D eigenvalue weighted by Crippen LogP contribution is 2.27. The van der Waals surface area contributed by atoms with Crippen LogP contribution in [0.3, 0.4) is 0 Å². The lowest BCUT2D eigenvalue weighted by atomic mass is 10.1. The molecule has 1 saturated heterocycles. The van der Waals surface area contributed by atoms with E-state index in [-0.39, 0.29) is 0 Å². The van der Waals surface area contributed by atoms with Crippen molar-refractivity contribution in [3.05, 3.63) is 60.0 Å². The minimum atomic E-state index is -1.04. The number of nitrogens with zero attached hydrogens (tertiary/aromatic N) is 4. The van der Waals surface area contributed by atoms with Crippen LogP contribution in [0.15, 0.2) is 48.9 Å². The molecule has 32 heavy (non-hydrogen) atoms. The molecule has 0 bridgehead atoms. The average Bonchev–Trinajstić information content (AvgIpc) is 3.28. The molecular weight excluding hydrogens is 404 g/mol. The summed E-state index contributed by atoms with van der Waals surface area (Å²) in [6, 6.07) is 9.59. The fourth-order valence-corrected chi connectivity index (χ4v) is 3.33. The molecule has 0 amide bonds. The molecule has 8 nitrogen and oxygen atoms in total. The molecule has 4 rings (SSSR count). The van der Waals surface area contributed by atoms with Crippen molar-refractivity contribution in [1.82, 2.24) is 20.2 Å². The number of benzene rings is 1. The largest absolute Gasteiger partial charge is 0.485 e. The molecular formula is C24H28N6O2. The molecule has 0 spiro atoms. The van der Waals surface area contributed by atoms with E-state index >= 15 is 0 Å². The Morgan fingerprint density at radius 3 is 2.78 bits per heavy atom. The number of aromatic nitrogens is 3. The minimum absolute atomic E-state index is 0.327. The molecule has 0 unspecified atom stereocenters. The van der Waals surface area contributed by atoms with Gasteiger partial charge in [0.1, 0.15) is 12.2 Å². The van der Waals surface area contributed by atoms with E-state index < -0.39 is 5.60 Å². The Labute approximate surface area is 188 Å². The molecule has 166 valence electrons. The van der Waals surface area contributed by atoms with Crippen LogP contribution >= 0.6 is 0 Å². The fraction of sp³-hybridized carbons (Fsp3) is 0.333. The van der Waals surface area contributed by atoms with Crippen molar-refractivity contribution in [3.8, 4) is 28.7 Å². The molecule has 3 aromatic rings. The first kappa shape index (κ1) is 21.7. The van der Waals surface area contributed by atoms with Gasteiger partial charge in [0, 0.05) is 49.1 Å². The SMILES string of the molecule is CC(C)(O)C#Cc1cccc(COc2cc(-c3cnn(N4CCNCC4)c3)cnc2N)c1. The first-order valence-corrected chi connectivity index (χ1v) is 10.6. The smallest absolute Gasteiger partial charge is 0.166 e. The van der Waals surface area contributed by atoms with Gasteiger partial charge in [0.25, 0.3) is 0 Å². The zero-order valence-corrected chi connectivity index (χ0v) is 18.4. The Morgan fingerprint density at radius 2 is 2.00 bits per heavy atom. The van der Waals surface area contributed by atoms with E-state index in [2.05, 4.69) is 32.2 Å². The Balaban J connectivity index is 1.47. The van der Waals surface area contributed by atoms with Crippen molar-refractivity contribution in [2.24, 2.45) is 0 Å². The van der Waals surface area contributed by atoms with Gasteiger partial charge in [-0.25, -0.2) is 4.98 Å². The van der Waals surface area contributed by atoms with Crippen molar-refractivity contribution in [1.29, 1.82) is 0 Å². The van der Waals surface area contributed by atoms with Gasteiger partial charge in [-0.3, -0.25) is 5.01 Å². The predicted molar refractivity (Wildman–Crippen MR) is 125 cm³/mol. The van der Waals surface area contributed by atoms with Crippen molar-refractivity contribution in [2.45, 2.75) is 26.1 Å². The van der Waals surface area contributed by atoms with Gasteiger partial charge in [-0.15, -0.1) is 0 Å². The highest BCUT2D eigenvalue weighted by molar-refractivity contribution is 5.65. The molecule has 1 aromatic carbocycles. The van der Waals surface area contributed by atoms with Crippen LogP contribution in [0, 0.1) is 11.8 Å². The molecule has 1 aliphatic rings. The Hall–Kier alpha value is -3.54. The molecule has 0 radical (unpaired) electrons. The van der Waals surface area contributed by atoms with Crippen LogP contribution < -0.4 is 20.8 Å². The number of nitrogens with one attached hydrogen (secondary N) is 1. The summed E-state index contributed by atoms with van der Waals surface area (Å²) in [5.74, 6) is 6.66. The molecule has 0 saturated carbocycles. The van der Waals surface area contributed by atoms with Crippen LogP contribution in [0.4, 0.5) is 5.82 Å². The van der Waals surface area contributed by atoms with Gasteiger partial charge in [0.05, 0.1) is 12.4 Å². The number of nitrogen functional groups attached to an aromatic ring is 1. The van der Waals surface area contributed by atoms with Crippen molar-refractivity contribution < 1.29 is 9.84 Å². The number of hydrogen-bond donors (Lipinski definition) is 3. The lowest BCUT2D eigenvalue weighted by molar-refractivity contribution is 0.143. The summed E-state index contributed by atoms with van der Waals surface area (Å²) in [7, 11) is 0. The van der Waals surface area contributed by atoms with Crippen LogP contribution in [-0.2, 0) is 6.61 Å². The third-order valence-corrected chi connectivity index (χ3v) is 5.00. The number of piperazine rings is 1. The number of ether oxygens (including phenoxy) is 1. The third kappa shape index (κ3) is 5.58. The number of hydrogen-bond acceptors (Lipinski definition) is 7. The zero-order chi connectivity index (χ0) is 22.6. The summed E-state index contributed by atoms with van der Waals surface area (Å²) in [6.07, 6.45) is 5.55. The molecule has 0 atom stereocenters. The standard InChI is InChI=1S/C24H28N6O2/c1-24(2,31)7-6-18-4-3-5-19(12-18)17-32-22-13-20(14-27-23(22)25)21-15-28-30(16-21)29-10-8-26-9-11-29/h3-5,12-16,26,31H,8-11,17H2,1-2H3,(H2,25,27). The van der Waals surface area contributed by atoms with E-state index in [1.807, 2.05) is 47.5 Å². The highest BCUT2D eigenvalue weighted by atomic mass is 16.5. The minimum Gasteiger partial charge on any atom is -0.485 e. The van der Waals surface area contributed by atoms with Gasteiger partial charge in [0.2, 0.25) is 0 Å². The predicted octanol–water partition coefficient (Wildman–Crippen LogP) is 1.77. The van der Waals surface area contributed by atoms with E-state index in [1.54, 1.807) is 20.0 Å². The van der Waals surface area contributed by atoms with Gasteiger partial charge in [0.15, 0.2) is 11.6 Å². The van der Waals surface area contributed by atoms with Gasteiger partial charge >= 0.3 is 0 Å². The van der Waals surface area contributed by atoms with E-state index in [0.717, 1.165) is 48.4 Å². The van der Waals surface area contributed by atoms with Crippen LogP contribution in [0.2, 0.25) is 0 Å². The number of aliphatic hydroxyl groups is 1. The van der Waals surface area contributed by atoms with Gasteiger partial charge in [-0.05, 0) is 37.6 Å². The van der Waals surface area contributed by atoms with E-state index in [9.17, 15) is 5.11 Å². The number of anilines is 1. The summed E-state index contributed by atoms with van der Waals surface area (Å²) in [4.78, 5) is 6.19. The molecule has 2 aromatic heterocycles. The molecule has 4 N–H and O–H groups in total. The number of pyridine rings is 1. The van der Waals surface area contributed by atoms with Gasteiger partial charge in [-0.2, -0.15) is 9.89 Å². The van der Waals surface area contributed by atoms with Crippen LogP contribution in [0.1, 0.15) is 25.0 Å². The summed E-state index contributed by atoms with van der Waals surface area (Å²) >= 11 is 0. The normalized spacial score (nSPS) is 14.0. The highest BCUT2D eigenvalue weighted by Gasteiger charge is 2.13. The number of nitrogens with two attached hydrogens (primary N) is 1. The average molecular weight is 433 g/mol. The third-order valence-electron chi connectivity index (χ3n) is 5.00. The van der Waals surface area contributed by atoms with E-state index in [0.29, 0.717) is 18.2 Å². The van der Waals surface area contributed by atoms with E-state index in [1.165, 1.54) is 0 Å². The van der Waals surface area contributed by atoms with Gasteiger partial charge in [-0.1, -0.05) is 24.0 Å². The van der Waals surface area contributed by atoms with Crippen LogP contribution in [0.5, 0.6) is 5.75 Å². The Kier molecular flexibility index (Phi) is 6.30. The summed E-state index contributed by atoms with van der Waals surface area (Å²) in [5.41, 5.74) is 8.62. The lowest BCUT2D eigenvalue weighted by Crippen LogP contribution is -2.49. The Morgan fingerprint density at radius 1 is 1.19 bits per heavy atom. The number of rotatable bonds is 5. The maximum Gasteiger partial charge on any atom is 0.166 e. The molecule has 0 aliphatic carbocycles. The Bertz CT molecular complexity index is 1130. The maximum absolute atomic E-state index is 9.80. The topological polar surface area (TPSA) is 101 Å². The van der Waals surface area contributed by atoms with Crippen LogP contribution in [0.25, 0.3) is 11.1 Å². The van der Waals surface area contributed by atoms with Crippen molar-refractivity contribution in [3.63, 3.8) is 0 Å². The zero-order valence-electron chi connectivity index (χ0n) is 18.4. The quantitative estimate of drug-likeness (QED) is 0.528. The van der Waals surface area contributed by atoms with E-state index in [4.69, 9.17) is 10.5 Å².